The first-order valence-electron chi connectivity index (χ1n) is 5.77. The first-order valence-corrected chi connectivity index (χ1v) is 7.17. The third kappa shape index (κ3) is 4.20. The van der Waals surface area contributed by atoms with E-state index in [0.717, 1.165) is 25.0 Å². The van der Waals surface area contributed by atoms with E-state index in [-0.39, 0.29) is 12.3 Å². The number of thioether (sulfide) groups is 1. The quantitative estimate of drug-likeness (QED) is 0.622. The molecule has 0 bridgehead atoms. The van der Waals surface area contributed by atoms with Gasteiger partial charge in [0, 0.05) is 0 Å². The van der Waals surface area contributed by atoms with Crippen molar-refractivity contribution >= 4 is 23.6 Å². The first kappa shape index (κ1) is 14.3. The number of carboxylic acid groups (broad SMARTS) is 1. The second-order valence-electron chi connectivity index (χ2n) is 4.58. The Bertz CT molecular complexity index is 292. The normalized spacial score (nSPS) is 19.2. The molecule has 6 heteroatoms. The summed E-state index contributed by atoms with van der Waals surface area (Å²) in [7, 11) is 0. The summed E-state index contributed by atoms with van der Waals surface area (Å²) in [5, 5.41) is 11.6. The Kier molecular flexibility index (Phi) is 5.27. The van der Waals surface area contributed by atoms with E-state index in [0.29, 0.717) is 6.42 Å². The number of carbonyl (C=O) groups excluding carboxylic acids is 1. The molecule has 1 amide bonds. The maximum atomic E-state index is 11.8. The SMILES string of the molecule is CSCC[C@@H](N)C(=O)NC1(CC(=O)O)CCC1. The van der Waals surface area contributed by atoms with E-state index in [2.05, 4.69) is 5.32 Å². The highest BCUT2D eigenvalue weighted by Gasteiger charge is 2.40. The third-order valence-corrected chi connectivity index (χ3v) is 3.80. The van der Waals surface area contributed by atoms with E-state index < -0.39 is 17.6 Å². The molecule has 1 fully saturated rings. The molecule has 1 saturated carbocycles. The number of rotatable bonds is 7. The van der Waals surface area contributed by atoms with Gasteiger partial charge < -0.3 is 16.2 Å². The number of nitrogens with two attached hydrogens (primary N) is 1. The van der Waals surface area contributed by atoms with Gasteiger partial charge in [0.15, 0.2) is 0 Å². The summed E-state index contributed by atoms with van der Waals surface area (Å²) in [5.74, 6) is -0.261. The molecule has 0 saturated heterocycles. The molecule has 1 atom stereocenters. The van der Waals surface area contributed by atoms with Crippen molar-refractivity contribution in [3.8, 4) is 0 Å². The second kappa shape index (κ2) is 6.26. The number of carbonyl (C=O) groups is 2. The molecule has 5 nitrogen and oxygen atoms in total. The van der Waals surface area contributed by atoms with Crippen LogP contribution in [0.4, 0.5) is 0 Å². The zero-order valence-electron chi connectivity index (χ0n) is 10.1. The summed E-state index contributed by atoms with van der Waals surface area (Å²) in [6.07, 6.45) is 5.01. The van der Waals surface area contributed by atoms with Crippen molar-refractivity contribution in [3.63, 3.8) is 0 Å². The minimum atomic E-state index is -0.873. The molecule has 0 aromatic heterocycles. The molecule has 0 heterocycles. The van der Waals surface area contributed by atoms with Gasteiger partial charge in [0.25, 0.3) is 0 Å². The maximum absolute atomic E-state index is 11.8. The maximum Gasteiger partial charge on any atom is 0.305 e. The number of nitrogens with one attached hydrogen (secondary N) is 1. The summed E-state index contributed by atoms with van der Waals surface area (Å²) >= 11 is 1.64. The molecule has 98 valence electrons. The van der Waals surface area contributed by atoms with Crippen molar-refractivity contribution < 1.29 is 14.7 Å². The highest BCUT2D eigenvalue weighted by molar-refractivity contribution is 7.98. The molecular weight excluding hydrogens is 240 g/mol. The van der Waals surface area contributed by atoms with E-state index in [1.807, 2.05) is 6.26 Å². The van der Waals surface area contributed by atoms with E-state index in [1.54, 1.807) is 11.8 Å². The van der Waals surface area contributed by atoms with Crippen LogP contribution in [0.5, 0.6) is 0 Å². The molecular formula is C11H20N2O3S. The Hall–Kier alpha value is -0.750. The molecule has 0 spiro atoms. The van der Waals surface area contributed by atoms with Crippen LogP contribution in [0.2, 0.25) is 0 Å². The van der Waals surface area contributed by atoms with Crippen LogP contribution in [0.3, 0.4) is 0 Å². The van der Waals surface area contributed by atoms with Gasteiger partial charge in [0.1, 0.15) is 0 Å². The molecule has 1 rings (SSSR count). The van der Waals surface area contributed by atoms with Crippen molar-refractivity contribution in [2.45, 2.75) is 43.7 Å². The Morgan fingerprint density at radius 2 is 2.18 bits per heavy atom. The minimum absolute atomic E-state index is 0.00596. The highest BCUT2D eigenvalue weighted by Crippen LogP contribution is 2.34. The molecule has 0 aromatic carbocycles. The minimum Gasteiger partial charge on any atom is -0.481 e. The second-order valence-corrected chi connectivity index (χ2v) is 5.57. The molecule has 1 aliphatic carbocycles. The van der Waals surface area contributed by atoms with E-state index in [4.69, 9.17) is 10.8 Å². The highest BCUT2D eigenvalue weighted by atomic mass is 32.2. The monoisotopic (exact) mass is 260 g/mol. The van der Waals surface area contributed by atoms with Crippen molar-refractivity contribution in [1.29, 1.82) is 0 Å². The standard InChI is InChI=1S/C11H20N2O3S/c1-17-6-3-8(12)10(16)13-11(4-2-5-11)7-9(14)15/h8H,2-7,12H2,1H3,(H,13,16)(H,14,15)/t8-/m1/s1. The predicted molar refractivity (Wildman–Crippen MR) is 68.0 cm³/mol. The third-order valence-electron chi connectivity index (χ3n) is 3.16. The lowest BCUT2D eigenvalue weighted by atomic mass is 9.74. The van der Waals surface area contributed by atoms with Crippen LogP contribution in [0.15, 0.2) is 0 Å². The Morgan fingerprint density at radius 1 is 1.53 bits per heavy atom. The van der Waals surface area contributed by atoms with Crippen LogP contribution in [0.1, 0.15) is 32.1 Å². The van der Waals surface area contributed by atoms with Gasteiger partial charge in [0.2, 0.25) is 5.91 Å². The van der Waals surface area contributed by atoms with Crippen molar-refractivity contribution in [1.82, 2.24) is 5.32 Å². The van der Waals surface area contributed by atoms with Gasteiger partial charge in [-0.2, -0.15) is 11.8 Å². The fourth-order valence-electron chi connectivity index (χ4n) is 1.97. The lowest BCUT2D eigenvalue weighted by molar-refractivity contribution is -0.140. The summed E-state index contributed by atoms with van der Waals surface area (Å²) in [6, 6.07) is -0.534. The van der Waals surface area contributed by atoms with Gasteiger partial charge in [-0.3, -0.25) is 9.59 Å². The number of amides is 1. The summed E-state index contributed by atoms with van der Waals surface area (Å²) in [5.41, 5.74) is 5.21. The lowest BCUT2D eigenvalue weighted by Gasteiger charge is -2.42. The lowest BCUT2D eigenvalue weighted by Crippen LogP contribution is -2.58. The van der Waals surface area contributed by atoms with Crippen LogP contribution in [0.25, 0.3) is 0 Å². The molecule has 4 N–H and O–H groups in total. The molecule has 0 radical (unpaired) electrons. The molecule has 17 heavy (non-hydrogen) atoms. The average Bonchev–Trinajstić information content (AvgIpc) is 2.21. The zero-order valence-corrected chi connectivity index (χ0v) is 10.9. The number of carboxylic acids is 1. The number of hydrogen-bond donors (Lipinski definition) is 3. The number of hydrogen-bond acceptors (Lipinski definition) is 4. The van der Waals surface area contributed by atoms with E-state index in [1.165, 1.54) is 0 Å². The van der Waals surface area contributed by atoms with Gasteiger partial charge in [0.05, 0.1) is 18.0 Å². The van der Waals surface area contributed by atoms with Crippen molar-refractivity contribution in [2.75, 3.05) is 12.0 Å². The van der Waals surface area contributed by atoms with E-state index >= 15 is 0 Å². The summed E-state index contributed by atoms with van der Waals surface area (Å²) in [4.78, 5) is 22.5. The topological polar surface area (TPSA) is 92.4 Å². The van der Waals surface area contributed by atoms with Crippen LogP contribution in [-0.4, -0.2) is 40.6 Å². The molecule has 0 aliphatic heterocycles. The Morgan fingerprint density at radius 3 is 2.59 bits per heavy atom. The van der Waals surface area contributed by atoms with Crippen LogP contribution in [0, 0.1) is 0 Å². The van der Waals surface area contributed by atoms with Crippen LogP contribution < -0.4 is 11.1 Å². The van der Waals surface area contributed by atoms with E-state index in [9.17, 15) is 9.59 Å². The average molecular weight is 260 g/mol. The van der Waals surface area contributed by atoms with Gasteiger partial charge in [-0.05, 0) is 37.7 Å². The summed E-state index contributed by atoms with van der Waals surface area (Å²) in [6.45, 7) is 0. The Balaban J connectivity index is 2.45. The number of aliphatic carboxylic acids is 1. The van der Waals surface area contributed by atoms with Crippen molar-refractivity contribution in [2.24, 2.45) is 5.73 Å². The van der Waals surface area contributed by atoms with Crippen molar-refractivity contribution in [3.05, 3.63) is 0 Å². The fraction of sp³-hybridized carbons (Fsp3) is 0.818. The molecule has 1 aliphatic rings. The van der Waals surface area contributed by atoms with Gasteiger partial charge in [-0.15, -0.1) is 0 Å². The smallest absolute Gasteiger partial charge is 0.305 e. The zero-order chi connectivity index (χ0) is 12.9. The fourth-order valence-corrected chi connectivity index (χ4v) is 2.46. The first-order chi connectivity index (χ1) is 7.99. The summed E-state index contributed by atoms with van der Waals surface area (Å²) < 4.78 is 0. The predicted octanol–water partition coefficient (Wildman–Crippen LogP) is 0.580. The molecule has 0 aromatic rings. The van der Waals surface area contributed by atoms with Crippen LogP contribution in [-0.2, 0) is 9.59 Å². The van der Waals surface area contributed by atoms with Gasteiger partial charge in [-0.1, -0.05) is 0 Å². The van der Waals surface area contributed by atoms with Crippen LogP contribution >= 0.6 is 11.8 Å². The molecule has 0 unspecified atom stereocenters. The van der Waals surface area contributed by atoms with Gasteiger partial charge >= 0.3 is 5.97 Å². The largest absolute Gasteiger partial charge is 0.481 e. The Labute approximate surface area is 106 Å². The van der Waals surface area contributed by atoms with Gasteiger partial charge in [-0.25, -0.2) is 0 Å².